The van der Waals surface area contributed by atoms with Gasteiger partial charge in [-0.05, 0) is 17.7 Å². The fraction of sp³-hybridized carbons (Fsp3) is 0.133. The lowest BCUT2D eigenvalue weighted by atomic mass is 10.1. The first-order valence-corrected chi connectivity index (χ1v) is 7.14. The second-order valence-corrected chi connectivity index (χ2v) is 5.56. The van der Waals surface area contributed by atoms with Crippen molar-refractivity contribution in [3.63, 3.8) is 0 Å². The van der Waals surface area contributed by atoms with Crippen molar-refractivity contribution in [3.8, 4) is 11.5 Å². The van der Waals surface area contributed by atoms with Crippen molar-refractivity contribution in [1.82, 2.24) is 0 Å². The van der Waals surface area contributed by atoms with Gasteiger partial charge < -0.3 is 20.5 Å². The van der Waals surface area contributed by atoms with Crippen LogP contribution in [0.15, 0.2) is 40.9 Å². The lowest BCUT2D eigenvalue weighted by Crippen LogP contribution is -2.15. The van der Waals surface area contributed by atoms with E-state index in [1.54, 1.807) is 12.1 Å². The molecule has 5 nitrogen and oxygen atoms in total. The molecule has 0 fully saturated rings. The van der Waals surface area contributed by atoms with Crippen LogP contribution in [0.3, 0.4) is 0 Å². The molecule has 0 aromatic heterocycles. The van der Waals surface area contributed by atoms with Crippen molar-refractivity contribution in [2.24, 2.45) is 0 Å². The summed E-state index contributed by atoms with van der Waals surface area (Å²) in [6, 6.07) is 10.9. The predicted octanol–water partition coefficient (Wildman–Crippen LogP) is 2.94. The summed E-state index contributed by atoms with van der Waals surface area (Å²) in [5, 5.41) is 2.79. The normalized spacial score (nSPS) is 12.2. The number of fused-ring (bicyclic) bond motifs is 1. The summed E-state index contributed by atoms with van der Waals surface area (Å²) in [5.41, 5.74) is 7.79. The number of amides is 1. The second kappa shape index (κ2) is 5.65. The van der Waals surface area contributed by atoms with Gasteiger partial charge in [0.15, 0.2) is 11.5 Å². The van der Waals surface area contributed by atoms with Gasteiger partial charge >= 0.3 is 0 Å². The molecule has 0 atom stereocenters. The van der Waals surface area contributed by atoms with E-state index in [1.807, 2.05) is 24.3 Å². The standard InChI is InChI=1S/C15H13BrN2O3/c16-10-3-1-2-9(4-10)5-15(19)18-12-7-14-13(6-11(12)17)20-8-21-14/h1-4,6-7H,5,8,17H2,(H,18,19). The Kier molecular flexibility index (Phi) is 3.70. The molecule has 108 valence electrons. The summed E-state index contributed by atoms with van der Waals surface area (Å²) < 4.78 is 11.4. The minimum Gasteiger partial charge on any atom is -0.454 e. The van der Waals surface area contributed by atoms with Crippen molar-refractivity contribution >= 4 is 33.2 Å². The quantitative estimate of drug-likeness (QED) is 0.836. The van der Waals surface area contributed by atoms with Crippen molar-refractivity contribution in [3.05, 3.63) is 46.4 Å². The van der Waals surface area contributed by atoms with Crippen LogP contribution in [-0.4, -0.2) is 12.7 Å². The molecule has 21 heavy (non-hydrogen) atoms. The maximum atomic E-state index is 12.1. The number of nitrogens with one attached hydrogen (secondary N) is 1. The maximum absolute atomic E-state index is 12.1. The van der Waals surface area contributed by atoms with E-state index in [0.29, 0.717) is 22.9 Å². The van der Waals surface area contributed by atoms with Crippen LogP contribution in [0.25, 0.3) is 0 Å². The first-order valence-electron chi connectivity index (χ1n) is 6.35. The molecule has 0 aliphatic carbocycles. The molecule has 0 saturated carbocycles. The largest absolute Gasteiger partial charge is 0.454 e. The lowest BCUT2D eigenvalue weighted by molar-refractivity contribution is -0.115. The molecular formula is C15H13BrN2O3. The molecule has 1 heterocycles. The lowest BCUT2D eigenvalue weighted by Gasteiger charge is -2.09. The third-order valence-electron chi connectivity index (χ3n) is 3.07. The second-order valence-electron chi connectivity index (χ2n) is 4.65. The third-order valence-corrected chi connectivity index (χ3v) is 3.57. The van der Waals surface area contributed by atoms with E-state index in [9.17, 15) is 4.79 Å². The molecule has 2 aromatic rings. The van der Waals surface area contributed by atoms with Crippen molar-refractivity contribution in [1.29, 1.82) is 0 Å². The number of nitrogens with two attached hydrogens (primary N) is 1. The number of hydrogen-bond acceptors (Lipinski definition) is 4. The molecule has 6 heteroatoms. The highest BCUT2D eigenvalue weighted by atomic mass is 79.9. The van der Waals surface area contributed by atoms with Crippen molar-refractivity contribution in [2.75, 3.05) is 17.8 Å². The first kappa shape index (κ1) is 13.8. The third kappa shape index (κ3) is 3.11. The molecule has 3 rings (SSSR count). The summed E-state index contributed by atoms with van der Waals surface area (Å²) in [6.07, 6.45) is 0.271. The zero-order valence-corrected chi connectivity index (χ0v) is 12.6. The SMILES string of the molecule is Nc1cc2c(cc1NC(=O)Cc1cccc(Br)c1)OCO2. The highest BCUT2D eigenvalue weighted by Crippen LogP contribution is 2.38. The number of benzene rings is 2. The Labute approximate surface area is 130 Å². The van der Waals surface area contributed by atoms with Crippen LogP contribution in [0.1, 0.15) is 5.56 Å². The molecule has 0 radical (unpaired) electrons. The Hall–Kier alpha value is -2.21. The average molecular weight is 349 g/mol. The summed E-state index contributed by atoms with van der Waals surface area (Å²) in [7, 11) is 0. The summed E-state index contributed by atoms with van der Waals surface area (Å²) in [6.45, 7) is 0.171. The molecule has 3 N–H and O–H groups in total. The zero-order valence-electron chi connectivity index (χ0n) is 11.1. The minimum atomic E-state index is -0.140. The number of carbonyl (C=O) groups excluding carboxylic acids is 1. The highest BCUT2D eigenvalue weighted by Gasteiger charge is 2.17. The van der Waals surface area contributed by atoms with Gasteiger partial charge in [-0.15, -0.1) is 0 Å². The molecule has 1 aliphatic rings. The Morgan fingerprint density at radius 1 is 1.24 bits per heavy atom. The summed E-state index contributed by atoms with van der Waals surface area (Å²) >= 11 is 3.38. The van der Waals surface area contributed by atoms with Crippen molar-refractivity contribution < 1.29 is 14.3 Å². The van der Waals surface area contributed by atoms with Gasteiger partial charge in [-0.2, -0.15) is 0 Å². The fourth-order valence-corrected chi connectivity index (χ4v) is 2.54. The van der Waals surface area contributed by atoms with Gasteiger partial charge in [0.2, 0.25) is 12.7 Å². The number of rotatable bonds is 3. The fourth-order valence-electron chi connectivity index (χ4n) is 2.09. The molecule has 0 spiro atoms. The molecule has 1 amide bonds. The van der Waals surface area contributed by atoms with E-state index in [0.717, 1.165) is 10.0 Å². The topological polar surface area (TPSA) is 73.6 Å². The van der Waals surface area contributed by atoms with Gasteiger partial charge in [0.1, 0.15) is 0 Å². The smallest absolute Gasteiger partial charge is 0.231 e. The van der Waals surface area contributed by atoms with E-state index >= 15 is 0 Å². The van der Waals surface area contributed by atoms with Crippen LogP contribution in [0, 0.1) is 0 Å². The predicted molar refractivity (Wildman–Crippen MR) is 83.5 cm³/mol. The van der Waals surface area contributed by atoms with Crippen LogP contribution in [-0.2, 0) is 11.2 Å². The number of ether oxygens (including phenoxy) is 2. The molecule has 0 unspecified atom stereocenters. The van der Waals surface area contributed by atoms with E-state index in [-0.39, 0.29) is 19.1 Å². The Morgan fingerprint density at radius 3 is 2.76 bits per heavy atom. The van der Waals surface area contributed by atoms with Crippen molar-refractivity contribution in [2.45, 2.75) is 6.42 Å². The van der Waals surface area contributed by atoms with E-state index in [1.165, 1.54) is 0 Å². The summed E-state index contributed by atoms with van der Waals surface area (Å²) in [4.78, 5) is 12.1. The Bertz CT molecular complexity index is 703. The maximum Gasteiger partial charge on any atom is 0.231 e. The summed E-state index contributed by atoms with van der Waals surface area (Å²) in [5.74, 6) is 1.04. The number of anilines is 2. The molecule has 2 aromatic carbocycles. The van der Waals surface area contributed by atoms with Gasteiger partial charge in [-0.3, -0.25) is 4.79 Å². The van der Waals surface area contributed by atoms with Gasteiger partial charge in [-0.25, -0.2) is 0 Å². The van der Waals surface area contributed by atoms with Gasteiger partial charge in [0.25, 0.3) is 0 Å². The van der Waals surface area contributed by atoms with Gasteiger partial charge in [0.05, 0.1) is 17.8 Å². The average Bonchev–Trinajstić information content (AvgIpc) is 2.86. The van der Waals surface area contributed by atoms with Crippen LogP contribution in [0.4, 0.5) is 11.4 Å². The molecule has 1 aliphatic heterocycles. The molecular weight excluding hydrogens is 336 g/mol. The van der Waals surface area contributed by atoms with Crippen LogP contribution >= 0.6 is 15.9 Å². The highest BCUT2D eigenvalue weighted by molar-refractivity contribution is 9.10. The first-order chi connectivity index (χ1) is 10.1. The molecule has 0 bridgehead atoms. The van der Waals surface area contributed by atoms with Gasteiger partial charge in [-0.1, -0.05) is 28.1 Å². The van der Waals surface area contributed by atoms with Gasteiger partial charge in [0, 0.05) is 16.6 Å². The number of nitrogen functional groups attached to an aromatic ring is 1. The molecule has 0 saturated heterocycles. The van der Waals surface area contributed by atoms with Crippen LogP contribution in [0.2, 0.25) is 0 Å². The monoisotopic (exact) mass is 348 g/mol. The zero-order chi connectivity index (χ0) is 14.8. The minimum absolute atomic E-state index is 0.140. The van der Waals surface area contributed by atoms with Crippen LogP contribution in [0.5, 0.6) is 11.5 Å². The number of halogens is 1. The van der Waals surface area contributed by atoms with E-state index in [4.69, 9.17) is 15.2 Å². The Morgan fingerprint density at radius 2 is 2.00 bits per heavy atom. The van der Waals surface area contributed by atoms with E-state index in [2.05, 4.69) is 21.2 Å². The van der Waals surface area contributed by atoms with E-state index < -0.39 is 0 Å². The Balaban J connectivity index is 1.73. The number of hydrogen-bond donors (Lipinski definition) is 2. The van der Waals surface area contributed by atoms with Crippen LogP contribution < -0.4 is 20.5 Å². The number of carbonyl (C=O) groups is 1.